The molecule has 14 heteroatoms. The van der Waals surface area contributed by atoms with Crippen molar-refractivity contribution in [1.82, 2.24) is 8.87 Å². The lowest BCUT2D eigenvalue weighted by molar-refractivity contribution is -0.192. The van der Waals surface area contributed by atoms with Crippen LogP contribution in [-0.2, 0) is 27.5 Å². The Kier molecular flexibility index (Phi) is 8.24. The summed E-state index contributed by atoms with van der Waals surface area (Å²) in [6.45, 7) is 1.49. The predicted octanol–water partition coefficient (Wildman–Crippen LogP) is 4.49. The molecule has 1 atom stereocenters. The van der Waals surface area contributed by atoms with E-state index >= 15 is 0 Å². The van der Waals surface area contributed by atoms with Crippen LogP contribution in [-0.4, -0.2) is 58.8 Å². The Bertz CT molecular complexity index is 1370. The number of carbonyl (C=O) groups is 1. The Labute approximate surface area is 207 Å². The normalized spacial score (nSPS) is 17.0. The number of aliphatic carboxylic acids is 1. The van der Waals surface area contributed by atoms with Crippen molar-refractivity contribution in [2.24, 2.45) is 0 Å². The number of carboxylic acids is 1. The van der Waals surface area contributed by atoms with Gasteiger partial charge < -0.3 is 10.2 Å². The number of carboxylic acid groups (broad SMARTS) is 1. The molecule has 4 rings (SSSR count). The fraction of sp³-hybridized carbons (Fsp3) is 0.348. The van der Waals surface area contributed by atoms with Gasteiger partial charge in [-0.2, -0.15) is 26.3 Å². The second-order valence-corrected chi connectivity index (χ2v) is 10.1. The highest BCUT2D eigenvalue weighted by Gasteiger charge is 2.38. The highest BCUT2D eigenvalue weighted by atomic mass is 32.2. The number of hydrogen-bond acceptors (Lipinski definition) is 5. The first-order valence-electron chi connectivity index (χ1n) is 10.8. The molecular weight excluding hydrogens is 530 g/mol. The molecule has 1 aromatic heterocycles. The molecule has 7 nitrogen and oxygen atoms in total. The van der Waals surface area contributed by atoms with Crippen LogP contribution < -0.4 is 0 Å². The van der Waals surface area contributed by atoms with E-state index in [9.17, 15) is 39.9 Å². The number of likely N-dealkylation sites (tertiary alicyclic amines) is 1. The van der Waals surface area contributed by atoms with Crippen LogP contribution in [0.25, 0.3) is 10.9 Å². The van der Waals surface area contributed by atoms with Gasteiger partial charge in [-0.3, -0.25) is 4.90 Å². The average Bonchev–Trinajstić information content (AvgIpc) is 3.46. The number of aromatic nitrogens is 1. The first-order chi connectivity index (χ1) is 17.2. The average molecular weight is 552 g/mol. The van der Waals surface area contributed by atoms with E-state index in [1.807, 2.05) is 6.07 Å². The van der Waals surface area contributed by atoms with Gasteiger partial charge in [0, 0.05) is 24.2 Å². The Morgan fingerprint density at radius 3 is 2.27 bits per heavy atom. The van der Waals surface area contributed by atoms with Gasteiger partial charge in [0.1, 0.15) is 0 Å². The second kappa shape index (κ2) is 10.7. The van der Waals surface area contributed by atoms with E-state index in [0.717, 1.165) is 52.5 Å². The van der Waals surface area contributed by atoms with Crippen LogP contribution >= 0.6 is 0 Å². The Morgan fingerprint density at radius 2 is 1.68 bits per heavy atom. The van der Waals surface area contributed by atoms with Crippen molar-refractivity contribution in [3.8, 4) is 0 Å². The van der Waals surface area contributed by atoms with Gasteiger partial charge in [-0.25, -0.2) is 17.2 Å². The van der Waals surface area contributed by atoms with E-state index in [0.29, 0.717) is 18.1 Å². The van der Waals surface area contributed by atoms with Crippen molar-refractivity contribution in [2.45, 2.75) is 42.7 Å². The second-order valence-electron chi connectivity index (χ2n) is 8.24. The van der Waals surface area contributed by atoms with Crippen molar-refractivity contribution in [1.29, 1.82) is 0 Å². The monoisotopic (exact) mass is 552 g/mol. The lowest BCUT2D eigenvalue weighted by atomic mass is 10.1. The number of aliphatic hydroxyl groups excluding tert-OH is 1. The lowest BCUT2D eigenvalue weighted by Gasteiger charge is -2.23. The van der Waals surface area contributed by atoms with Gasteiger partial charge in [0.05, 0.1) is 22.6 Å². The topological polar surface area (TPSA) is 99.8 Å². The van der Waals surface area contributed by atoms with Crippen LogP contribution in [0.15, 0.2) is 59.6 Å². The third-order valence-electron chi connectivity index (χ3n) is 5.83. The Balaban J connectivity index is 0.000000479. The van der Waals surface area contributed by atoms with Crippen molar-refractivity contribution in [3.05, 3.63) is 65.9 Å². The van der Waals surface area contributed by atoms with Crippen LogP contribution in [0.5, 0.6) is 0 Å². The standard InChI is InChI=1S/C21H21F3N2O3S.C2HF3O2/c22-21(23,24)16-5-2-7-18(12-16)30(28,29)26-11-9-19-15(4-1-8-20(19)26)13-25-10-3-6-17(25)14-27;3-2(4,5)1(6)7/h1-2,4-5,7-9,11-12,17,27H,3,6,10,13-14H2;(H,6,7)/t17-;/m1./s1. The summed E-state index contributed by atoms with van der Waals surface area (Å²) in [4.78, 5) is 10.6. The Morgan fingerprint density at radius 1 is 1.03 bits per heavy atom. The van der Waals surface area contributed by atoms with E-state index in [-0.39, 0.29) is 12.6 Å². The maximum Gasteiger partial charge on any atom is 0.490 e. The zero-order valence-corrected chi connectivity index (χ0v) is 19.8. The van der Waals surface area contributed by atoms with Crippen LogP contribution in [0.1, 0.15) is 24.0 Å². The van der Waals surface area contributed by atoms with Crippen LogP contribution in [0.4, 0.5) is 26.3 Å². The van der Waals surface area contributed by atoms with Gasteiger partial charge >= 0.3 is 18.3 Å². The molecule has 2 heterocycles. The fourth-order valence-corrected chi connectivity index (χ4v) is 5.42. The van der Waals surface area contributed by atoms with Gasteiger partial charge in [-0.05, 0) is 55.3 Å². The number of halogens is 6. The number of nitrogens with zero attached hydrogens (tertiary/aromatic N) is 2. The molecule has 2 N–H and O–H groups in total. The van der Waals surface area contributed by atoms with E-state index < -0.39 is 38.8 Å². The zero-order chi connectivity index (χ0) is 27.6. The number of fused-ring (bicyclic) bond motifs is 1. The van der Waals surface area contributed by atoms with Gasteiger partial charge in [0.25, 0.3) is 10.0 Å². The number of aliphatic hydroxyl groups is 1. The van der Waals surface area contributed by atoms with Crippen molar-refractivity contribution in [3.63, 3.8) is 0 Å². The number of hydrogen-bond donors (Lipinski definition) is 2. The number of rotatable bonds is 5. The van der Waals surface area contributed by atoms with Crippen LogP contribution in [0, 0.1) is 0 Å². The first kappa shape index (κ1) is 28.5. The molecule has 2 aromatic carbocycles. The minimum Gasteiger partial charge on any atom is -0.475 e. The molecule has 1 aliphatic heterocycles. The van der Waals surface area contributed by atoms with E-state index in [1.54, 1.807) is 18.2 Å². The van der Waals surface area contributed by atoms with Crippen LogP contribution in [0.2, 0.25) is 0 Å². The molecule has 0 unspecified atom stereocenters. The summed E-state index contributed by atoms with van der Waals surface area (Å²) in [5, 5.41) is 17.4. The van der Waals surface area contributed by atoms with Crippen molar-refractivity contribution < 1.29 is 49.8 Å². The summed E-state index contributed by atoms with van der Waals surface area (Å²) < 4.78 is 98.1. The summed E-state index contributed by atoms with van der Waals surface area (Å²) in [7, 11) is -4.20. The largest absolute Gasteiger partial charge is 0.490 e. The van der Waals surface area contributed by atoms with E-state index in [4.69, 9.17) is 9.90 Å². The molecule has 0 amide bonds. The van der Waals surface area contributed by atoms with Gasteiger partial charge in [0.2, 0.25) is 0 Å². The Hall–Kier alpha value is -3.10. The maximum atomic E-state index is 13.1. The third kappa shape index (κ3) is 6.43. The van der Waals surface area contributed by atoms with Gasteiger partial charge in [-0.15, -0.1) is 0 Å². The molecule has 37 heavy (non-hydrogen) atoms. The maximum absolute atomic E-state index is 13.1. The minimum absolute atomic E-state index is 0.0704. The van der Waals surface area contributed by atoms with Crippen molar-refractivity contribution >= 4 is 26.9 Å². The fourth-order valence-electron chi connectivity index (χ4n) is 4.03. The lowest BCUT2D eigenvalue weighted by Crippen LogP contribution is -2.31. The molecule has 1 saturated heterocycles. The molecule has 0 spiro atoms. The quantitative estimate of drug-likeness (QED) is 0.453. The highest BCUT2D eigenvalue weighted by Crippen LogP contribution is 2.32. The smallest absolute Gasteiger partial charge is 0.475 e. The van der Waals surface area contributed by atoms with Crippen molar-refractivity contribution in [2.75, 3.05) is 13.2 Å². The van der Waals surface area contributed by atoms with Crippen LogP contribution in [0.3, 0.4) is 0 Å². The molecular formula is C23H22F6N2O5S. The molecule has 0 bridgehead atoms. The highest BCUT2D eigenvalue weighted by molar-refractivity contribution is 7.90. The zero-order valence-electron chi connectivity index (χ0n) is 19.0. The summed E-state index contributed by atoms with van der Waals surface area (Å²) in [5.74, 6) is -2.76. The predicted molar refractivity (Wildman–Crippen MR) is 120 cm³/mol. The molecule has 0 aliphatic carbocycles. The number of benzene rings is 2. The third-order valence-corrected chi connectivity index (χ3v) is 7.52. The summed E-state index contributed by atoms with van der Waals surface area (Å²) in [6, 6.07) is 10.8. The minimum atomic E-state index is -5.08. The summed E-state index contributed by atoms with van der Waals surface area (Å²) >= 11 is 0. The molecule has 3 aromatic rings. The van der Waals surface area contributed by atoms with Gasteiger partial charge in [-0.1, -0.05) is 18.2 Å². The number of alkyl halides is 6. The molecule has 202 valence electrons. The molecule has 0 saturated carbocycles. The SMILES string of the molecule is O=C(O)C(F)(F)F.O=S(=O)(c1cccc(C(F)(F)F)c1)n1ccc2c(CN3CCC[C@@H]3CO)cccc21. The summed E-state index contributed by atoms with van der Waals surface area (Å²) in [5.41, 5.74) is 0.306. The van der Waals surface area contributed by atoms with E-state index in [2.05, 4.69) is 4.90 Å². The molecule has 1 fully saturated rings. The first-order valence-corrected chi connectivity index (χ1v) is 12.3. The van der Waals surface area contributed by atoms with E-state index in [1.165, 1.54) is 6.20 Å². The molecule has 0 radical (unpaired) electrons. The molecule has 1 aliphatic rings. The van der Waals surface area contributed by atoms with Gasteiger partial charge in [0.15, 0.2) is 0 Å². The summed E-state index contributed by atoms with van der Waals surface area (Å²) in [6.07, 6.45) is -6.43.